The van der Waals surface area contributed by atoms with Crippen molar-refractivity contribution in [2.75, 3.05) is 28.2 Å². The van der Waals surface area contributed by atoms with Gasteiger partial charge in [-0.1, -0.05) is 68.1 Å². The molecule has 2 rings (SSSR count). The van der Waals surface area contributed by atoms with Gasteiger partial charge in [0.15, 0.2) is 0 Å². The van der Waals surface area contributed by atoms with Gasteiger partial charge >= 0.3 is 35.9 Å². The average Bonchev–Trinajstić information content (AvgIpc) is 3.20. The van der Waals surface area contributed by atoms with E-state index < -0.39 is 82.9 Å². The summed E-state index contributed by atoms with van der Waals surface area (Å²) in [6, 6.07) is 13.8. The number of carboxylic acid groups (broad SMARTS) is 1. The van der Waals surface area contributed by atoms with E-state index in [4.69, 9.17) is 20.3 Å². The Morgan fingerprint density at radius 1 is 0.561 bits per heavy atom. The second-order valence-electron chi connectivity index (χ2n) is 16.4. The van der Waals surface area contributed by atoms with Crippen molar-refractivity contribution in [2.45, 2.75) is 111 Å². The highest BCUT2D eigenvalue weighted by molar-refractivity contribution is 6.36. The predicted octanol–water partition coefficient (Wildman–Crippen LogP) is 0.275. The third kappa shape index (κ3) is 27.0. The predicted molar refractivity (Wildman–Crippen MR) is 242 cm³/mol. The Labute approximate surface area is 385 Å². The molecular formula is C43H68N10O13. The van der Waals surface area contributed by atoms with Crippen molar-refractivity contribution in [3.05, 3.63) is 71.8 Å². The number of ether oxygens (including phenoxy) is 2. The zero-order valence-electron chi connectivity index (χ0n) is 38.8. The standard InChI is InChI=1S/C21H31N5O6.C16H21N3O6.C5H12N2O.CH4/c1-13(19(30)26(5)6)22-17(28)18(29)23-15(12-14-10-8-7-9-11-14)16(27)24-25-20(31)32-21(2,3)4;1-16(2,3)25-15(24)19-18-12(20)11(17-13(21)14(22)23)9-10-7-5-4-6-8-10;1-4(6)5(8)7(2)3;/h7-11,13,15H,12H2,1-6H3,(H,22,28)(H,23,29)(H,24,27)(H,25,31);4-8,11H,9H2,1-3H3,(H,17,21)(H,18,20)(H,19,24)(H,22,23);4H,6H2,1-3H3;1H4/t13-,15-;11-;4-;/m000./s1. The van der Waals surface area contributed by atoms with Crippen molar-refractivity contribution in [1.82, 2.24) is 47.5 Å². The summed E-state index contributed by atoms with van der Waals surface area (Å²) < 4.78 is 10.00. The lowest BCUT2D eigenvalue weighted by molar-refractivity contribution is -0.151. The fraction of sp³-hybridized carbons (Fsp3) is 0.488. The van der Waals surface area contributed by atoms with Crippen molar-refractivity contribution in [2.24, 2.45) is 5.73 Å². The average molecular weight is 933 g/mol. The molecule has 0 heterocycles. The summed E-state index contributed by atoms with van der Waals surface area (Å²) in [6.07, 6.45) is -1.68. The summed E-state index contributed by atoms with van der Waals surface area (Å²) in [5.74, 6) is -7.20. The molecule has 2 aromatic rings. The number of likely N-dealkylation sites (N-methyl/N-ethyl adjacent to an activating group) is 2. The van der Waals surface area contributed by atoms with E-state index in [-0.39, 0.29) is 32.2 Å². The summed E-state index contributed by atoms with van der Waals surface area (Å²) in [6.45, 7) is 13.0. The monoisotopic (exact) mass is 932 g/mol. The minimum Gasteiger partial charge on any atom is -0.474 e. The third-order valence-electron chi connectivity index (χ3n) is 7.57. The molecule has 0 aromatic heterocycles. The number of hydrogen-bond donors (Lipinski definition) is 9. The second-order valence-corrected chi connectivity index (χ2v) is 16.4. The van der Waals surface area contributed by atoms with E-state index in [0.717, 1.165) is 0 Å². The van der Waals surface area contributed by atoms with Crippen LogP contribution < -0.4 is 43.4 Å². The second kappa shape index (κ2) is 29.2. The van der Waals surface area contributed by atoms with Gasteiger partial charge in [0.25, 0.3) is 11.8 Å². The topological polar surface area (TPSA) is 326 Å². The van der Waals surface area contributed by atoms with E-state index >= 15 is 0 Å². The first-order valence-electron chi connectivity index (χ1n) is 19.9. The minimum atomic E-state index is -1.72. The Kier molecular flexibility index (Phi) is 26.9. The molecule has 0 aliphatic rings. The van der Waals surface area contributed by atoms with Crippen LogP contribution in [0.25, 0.3) is 0 Å². The van der Waals surface area contributed by atoms with Gasteiger partial charge in [-0.2, -0.15) is 0 Å². The number of hydrazine groups is 2. The molecule has 4 atom stereocenters. The van der Waals surface area contributed by atoms with Crippen molar-refractivity contribution in [3.63, 3.8) is 0 Å². The van der Waals surface area contributed by atoms with Crippen molar-refractivity contribution in [3.8, 4) is 0 Å². The van der Waals surface area contributed by atoms with Gasteiger partial charge in [0.05, 0.1) is 6.04 Å². The Balaban J connectivity index is 0. The number of carbonyl (C=O) groups excluding carboxylic acids is 9. The number of carboxylic acids is 1. The van der Waals surface area contributed by atoms with E-state index in [0.29, 0.717) is 11.1 Å². The SMILES string of the molecule is C.CC(C)(C)OC(=O)NNC(=O)[C@H](Cc1ccccc1)NC(=O)C(=O)O.C[C@H](N)C(=O)N(C)C.C[C@H](NC(=O)C(=O)N[C@@H](Cc1ccccc1)C(=O)NNC(=O)OC(C)(C)C)C(=O)N(C)C. The van der Waals surface area contributed by atoms with E-state index in [1.807, 2.05) is 5.43 Å². The maximum atomic E-state index is 12.6. The maximum absolute atomic E-state index is 12.6. The highest BCUT2D eigenvalue weighted by Gasteiger charge is 2.29. The number of carbonyl (C=O) groups is 10. The normalized spacial score (nSPS) is 12.1. The number of rotatable bonds is 11. The van der Waals surface area contributed by atoms with Crippen LogP contribution in [0.3, 0.4) is 0 Å². The molecule has 0 spiro atoms. The molecule has 0 aliphatic carbocycles. The van der Waals surface area contributed by atoms with Crippen LogP contribution in [-0.4, -0.2) is 138 Å². The molecule has 0 saturated carbocycles. The first-order chi connectivity index (χ1) is 29.9. The number of amides is 9. The highest BCUT2D eigenvalue weighted by atomic mass is 16.6. The number of nitrogens with two attached hydrogens (primary N) is 1. The molecule has 0 saturated heterocycles. The quantitative estimate of drug-likeness (QED) is 0.108. The summed E-state index contributed by atoms with van der Waals surface area (Å²) in [7, 11) is 6.41. The number of nitrogens with one attached hydrogen (secondary N) is 7. The summed E-state index contributed by atoms with van der Waals surface area (Å²) in [5, 5.41) is 15.4. The van der Waals surface area contributed by atoms with Crippen LogP contribution in [0.5, 0.6) is 0 Å². The minimum absolute atomic E-state index is 0. The van der Waals surface area contributed by atoms with Crippen LogP contribution in [0, 0.1) is 0 Å². The fourth-order valence-electron chi connectivity index (χ4n) is 4.69. The van der Waals surface area contributed by atoms with E-state index in [9.17, 15) is 47.9 Å². The van der Waals surface area contributed by atoms with Crippen LogP contribution in [0.2, 0.25) is 0 Å². The molecule has 0 bridgehead atoms. The molecule has 10 N–H and O–H groups in total. The molecule has 0 fully saturated rings. The van der Waals surface area contributed by atoms with Gasteiger partial charge in [-0.05, 0) is 66.5 Å². The number of benzene rings is 2. The van der Waals surface area contributed by atoms with Gasteiger partial charge in [-0.3, -0.25) is 44.4 Å². The molecule has 2 aromatic carbocycles. The molecule has 66 heavy (non-hydrogen) atoms. The fourth-order valence-corrected chi connectivity index (χ4v) is 4.69. The number of hydrogen-bond acceptors (Lipinski definition) is 13. The molecule has 368 valence electrons. The molecule has 0 unspecified atom stereocenters. The molecular weight excluding hydrogens is 865 g/mol. The molecule has 0 aliphatic heterocycles. The van der Waals surface area contributed by atoms with Crippen molar-refractivity contribution >= 4 is 59.5 Å². The van der Waals surface area contributed by atoms with Crippen LogP contribution in [0.4, 0.5) is 9.59 Å². The molecule has 23 heteroatoms. The number of nitrogens with zero attached hydrogens (tertiary/aromatic N) is 2. The smallest absolute Gasteiger partial charge is 0.426 e. The summed E-state index contributed by atoms with van der Waals surface area (Å²) in [4.78, 5) is 120. The van der Waals surface area contributed by atoms with Gasteiger partial charge < -0.3 is 46.1 Å². The van der Waals surface area contributed by atoms with E-state index in [1.165, 1.54) is 30.8 Å². The van der Waals surface area contributed by atoms with Crippen LogP contribution in [-0.2, 0) is 60.7 Å². The van der Waals surface area contributed by atoms with Crippen LogP contribution in [0.1, 0.15) is 73.9 Å². The maximum Gasteiger partial charge on any atom is 0.426 e. The van der Waals surface area contributed by atoms with E-state index in [2.05, 4.69) is 32.2 Å². The molecule has 9 amide bonds. The highest BCUT2D eigenvalue weighted by Crippen LogP contribution is 2.08. The zero-order valence-corrected chi connectivity index (χ0v) is 38.8. The Bertz CT molecular complexity index is 1920. The van der Waals surface area contributed by atoms with Gasteiger partial charge in [0.1, 0.15) is 29.3 Å². The first kappa shape index (κ1) is 60.8. The largest absolute Gasteiger partial charge is 0.474 e. The van der Waals surface area contributed by atoms with Gasteiger partial charge in [-0.25, -0.2) is 25.2 Å². The van der Waals surface area contributed by atoms with Gasteiger partial charge in [0, 0.05) is 41.0 Å². The number of aliphatic carboxylic acids is 1. The Morgan fingerprint density at radius 3 is 1.18 bits per heavy atom. The Morgan fingerprint density at radius 2 is 0.894 bits per heavy atom. The third-order valence-corrected chi connectivity index (χ3v) is 7.57. The van der Waals surface area contributed by atoms with Crippen molar-refractivity contribution in [1.29, 1.82) is 0 Å². The van der Waals surface area contributed by atoms with Gasteiger partial charge in [-0.15, -0.1) is 0 Å². The first-order valence-corrected chi connectivity index (χ1v) is 19.9. The lowest BCUT2D eigenvalue weighted by atomic mass is 10.1. The lowest BCUT2D eigenvalue weighted by Gasteiger charge is -2.22. The summed E-state index contributed by atoms with van der Waals surface area (Å²) in [5.41, 5.74) is 13.6. The molecule has 0 radical (unpaired) electrons. The zero-order chi connectivity index (χ0) is 50.2. The van der Waals surface area contributed by atoms with Gasteiger partial charge in [0.2, 0.25) is 11.8 Å². The van der Waals surface area contributed by atoms with Crippen molar-refractivity contribution < 1.29 is 62.5 Å². The lowest BCUT2D eigenvalue weighted by Crippen LogP contribution is -2.57. The Hall–Kier alpha value is -7.30. The van der Waals surface area contributed by atoms with Crippen LogP contribution >= 0.6 is 0 Å². The van der Waals surface area contributed by atoms with E-state index in [1.54, 1.807) is 123 Å². The summed E-state index contributed by atoms with van der Waals surface area (Å²) >= 11 is 0. The molecule has 23 nitrogen and oxygen atoms in total. The van der Waals surface area contributed by atoms with Crippen LogP contribution in [0.15, 0.2) is 60.7 Å².